The molecule has 0 spiro atoms. The van der Waals surface area contributed by atoms with Crippen molar-refractivity contribution in [3.63, 3.8) is 0 Å². The Kier molecular flexibility index (Phi) is 13.1. The predicted molar refractivity (Wildman–Crippen MR) is 108 cm³/mol. The Morgan fingerprint density at radius 2 is 1.61 bits per heavy atom. The van der Waals surface area contributed by atoms with Gasteiger partial charge in [0, 0.05) is 24.0 Å². The summed E-state index contributed by atoms with van der Waals surface area (Å²) in [6.07, 6.45) is 8.85. The first kappa shape index (κ1) is 24.8. The van der Waals surface area contributed by atoms with Crippen molar-refractivity contribution in [3.05, 3.63) is 0 Å². The number of nitrogens with two attached hydrogens (primary N) is 2. The lowest BCUT2D eigenvalue weighted by molar-refractivity contribution is -0.124. The average Bonchev–Trinajstić information content (AvgIpc) is 2.76. The van der Waals surface area contributed by atoms with E-state index in [2.05, 4.69) is 11.2 Å². The van der Waals surface area contributed by atoms with Crippen molar-refractivity contribution in [2.45, 2.75) is 56.7 Å². The first-order valence-corrected chi connectivity index (χ1v) is 10.0. The second-order valence-electron chi connectivity index (χ2n) is 7.38. The van der Waals surface area contributed by atoms with Crippen LogP contribution in [0.2, 0.25) is 0 Å². The Balaban J connectivity index is 1.97. The van der Waals surface area contributed by atoms with Crippen molar-refractivity contribution in [1.29, 1.82) is 0 Å². The standard InChI is InChI=1S/C20H37N3O5/c1-3-8-25-10-12-27-14-15-28-13-11-26-9-6-19(24)23-20(2)7-4-5-17(21)18(22)16-20/h1,17-18H,4-16,21-22H2,2H3,(H,23,24). The monoisotopic (exact) mass is 399 g/mol. The van der Waals surface area contributed by atoms with Gasteiger partial charge in [-0.15, -0.1) is 6.42 Å². The number of amides is 1. The second-order valence-corrected chi connectivity index (χ2v) is 7.38. The van der Waals surface area contributed by atoms with Crippen LogP contribution in [0.4, 0.5) is 0 Å². The third-order valence-electron chi connectivity index (χ3n) is 4.72. The van der Waals surface area contributed by atoms with E-state index in [9.17, 15) is 4.79 Å². The first-order valence-electron chi connectivity index (χ1n) is 10.0. The summed E-state index contributed by atoms with van der Waals surface area (Å²) in [4.78, 5) is 12.2. The molecule has 5 N–H and O–H groups in total. The summed E-state index contributed by atoms with van der Waals surface area (Å²) in [6.45, 7) is 5.56. The lowest BCUT2D eigenvalue weighted by Gasteiger charge is -2.32. The fourth-order valence-electron chi connectivity index (χ4n) is 3.18. The molecule has 1 aliphatic rings. The number of carbonyl (C=O) groups excluding carboxylic acids is 1. The molecule has 162 valence electrons. The highest BCUT2D eigenvalue weighted by atomic mass is 16.6. The van der Waals surface area contributed by atoms with Gasteiger partial charge in [-0.05, 0) is 32.6 Å². The van der Waals surface area contributed by atoms with Crippen LogP contribution >= 0.6 is 0 Å². The highest BCUT2D eigenvalue weighted by molar-refractivity contribution is 5.76. The van der Waals surface area contributed by atoms with Crippen LogP contribution in [0.25, 0.3) is 0 Å². The number of hydrogen-bond acceptors (Lipinski definition) is 7. The largest absolute Gasteiger partial charge is 0.379 e. The fourth-order valence-corrected chi connectivity index (χ4v) is 3.18. The minimum atomic E-state index is -0.292. The molecule has 0 saturated heterocycles. The van der Waals surface area contributed by atoms with E-state index < -0.39 is 0 Å². The van der Waals surface area contributed by atoms with E-state index in [0.717, 1.165) is 19.3 Å². The summed E-state index contributed by atoms with van der Waals surface area (Å²) >= 11 is 0. The number of terminal acetylenes is 1. The van der Waals surface area contributed by atoms with E-state index in [4.69, 9.17) is 36.8 Å². The number of rotatable bonds is 14. The molecule has 0 aromatic rings. The maximum atomic E-state index is 12.2. The molecule has 0 aliphatic heterocycles. The molecule has 1 aliphatic carbocycles. The van der Waals surface area contributed by atoms with Gasteiger partial charge in [-0.25, -0.2) is 0 Å². The van der Waals surface area contributed by atoms with Gasteiger partial charge in [0.2, 0.25) is 5.91 Å². The minimum Gasteiger partial charge on any atom is -0.379 e. The summed E-state index contributed by atoms with van der Waals surface area (Å²) < 4.78 is 21.2. The van der Waals surface area contributed by atoms with E-state index in [-0.39, 0.29) is 23.5 Å². The van der Waals surface area contributed by atoms with Gasteiger partial charge in [0.05, 0.1) is 46.2 Å². The lowest BCUT2D eigenvalue weighted by Crippen LogP contribution is -2.51. The SMILES string of the molecule is C#CCOCCOCCOCCOCCC(=O)NC1(C)CCCC(N)C(N)C1. The Bertz CT molecular complexity index is 471. The lowest BCUT2D eigenvalue weighted by atomic mass is 9.90. The molecule has 0 heterocycles. The topological polar surface area (TPSA) is 118 Å². The smallest absolute Gasteiger partial charge is 0.222 e. The molecule has 8 nitrogen and oxygen atoms in total. The fraction of sp³-hybridized carbons (Fsp3) is 0.850. The number of ether oxygens (including phenoxy) is 4. The molecular weight excluding hydrogens is 362 g/mol. The van der Waals surface area contributed by atoms with Gasteiger partial charge >= 0.3 is 0 Å². The van der Waals surface area contributed by atoms with Crippen molar-refractivity contribution in [3.8, 4) is 12.3 Å². The molecule has 0 bridgehead atoms. The molecule has 1 amide bonds. The molecular formula is C20H37N3O5. The molecule has 0 aromatic carbocycles. The zero-order valence-electron chi connectivity index (χ0n) is 17.1. The van der Waals surface area contributed by atoms with Crippen LogP contribution < -0.4 is 16.8 Å². The Morgan fingerprint density at radius 1 is 1.04 bits per heavy atom. The average molecular weight is 400 g/mol. The minimum absolute atomic E-state index is 0.00857. The van der Waals surface area contributed by atoms with Gasteiger partial charge in [0.15, 0.2) is 0 Å². The number of hydrogen-bond donors (Lipinski definition) is 3. The summed E-state index contributed by atoms with van der Waals surface area (Å²) in [7, 11) is 0. The van der Waals surface area contributed by atoms with Crippen LogP contribution in [0.5, 0.6) is 0 Å². The molecule has 3 atom stereocenters. The van der Waals surface area contributed by atoms with Gasteiger partial charge in [-0.2, -0.15) is 0 Å². The van der Waals surface area contributed by atoms with Gasteiger partial charge in [0.1, 0.15) is 6.61 Å². The van der Waals surface area contributed by atoms with Gasteiger partial charge in [-0.3, -0.25) is 4.79 Å². The quantitative estimate of drug-likeness (QED) is 0.217. The maximum absolute atomic E-state index is 12.2. The zero-order chi connectivity index (χ0) is 20.7. The van der Waals surface area contributed by atoms with Crippen molar-refractivity contribution in [2.24, 2.45) is 11.5 Å². The van der Waals surface area contributed by atoms with Crippen molar-refractivity contribution >= 4 is 5.91 Å². The molecule has 0 aromatic heterocycles. The van der Waals surface area contributed by atoms with E-state index >= 15 is 0 Å². The normalized spacial score (nSPS) is 25.1. The van der Waals surface area contributed by atoms with Crippen LogP contribution in [0.15, 0.2) is 0 Å². The molecule has 0 radical (unpaired) electrons. The van der Waals surface area contributed by atoms with Crippen LogP contribution in [0.3, 0.4) is 0 Å². The Hall–Kier alpha value is -1.21. The van der Waals surface area contributed by atoms with Crippen LogP contribution in [0, 0.1) is 12.3 Å². The highest BCUT2D eigenvalue weighted by Crippen LogP contribution is 2.25. The third-order valence-corrected chi connectivity index (χ3v) is 4.72. The van der Waals surface area contributed by atoms with E-state index in [1.165, 1.54) is 0 Å². The van der Waals surface area contributed by atoms with E-state index in [1.54, 1.807) is 0 Å². The van der Waals surface area contributed by atoms with E-state index in [1.807, 2.05) is 6.92 Å². The zero-order valence-corrected chi connectivity index (χ0v) is 17.1. The van der Waals surface area contributed by atoms with Crippen molar-refractivity contribution < 1.29 is 23.7 Å². The van der Waals surface area contributed by atoms with Gasteiger partial charge in [0.25, 0.3) is 0 Å². The molecule has 1 saturated carbocycles. The Morgan fingerprint density at radius 3 is 2.21 bits per heavy atom. The van der Waals surface area contributed by atoms with Crippen LogP contribution in [0.1, 0.15) is 39.0 Å². The Labute approximate surface area is 169 Å². The number of carbonyl (C=O) groups is 1. The van der Waals surface area contributed by atoms with Crippen LogP contribution in [-0.4, -0.2) is 76.4 Å². The first-order chi connectivity index (χ1) is 13.5. The summed E-state index contributed by atoms with van der Waals surface area (Å²) in [5, 5.41) is 3.11. The highest BCUT2D eigenvalue weighted by Gasteiger charge is 2.33. The predicted octanol–water partition coefficient (Wildman–Crippen LogP) is 0.180. The van der Waals surface area contributed by atoms with Crippen molar-refractivity contribution in [1.82, 2.24) is 5.32 Å². The third kappa shape index (κ3) is 11.6. The summed E-state index contributed by atoms with van der Waals surface area (Å²) in [6, 6.07) is -0.0742. The molecule has 3 unspecified atom stereocenters. The van der Waals surface area contributed by atoms with E-state index in [0.29, 0.717) is 65.7 Å². The molecule has 28 heavy (non-hydrogen) atoms. The summed E-state index contributed by atoms with van der Waals surface area (Å²) in [5.41, 5.74) is 11.9. The maximum Gasteiger partial charge on any atom is 0.222 e. The van der Waals surface area contributed by atoms with Crippen molar-refractivity contribution in [2.75, 3.05) is 52.9 Å². The molecule has 1 fully saturated rings. The van der Waals surface area contributed by atoms with Crippen LogP contribution in [-0.2, 0) is 23.7 Å². The summed E-state index contributed by atoms with van der Waals surface area (Å²) in [5.74, 6) is 2.37. The molecule has 8 heteroatoms. The number of nitrogens with one attached hydrogen (secondary N) is 1. The molecule has 1 rings (SSSR count). The second kappa shape index (κ2) is 14.7. The van der Waals surface area contributed by atoms with Gasteiger partial charge in [-0.1, -0.05) is 5.92 Å². The van der Waals surface area contributed by atoms with Gasteiger partial charge < -0.3 is 35.7 Å².